The second-order valence-corrected chi connectivity index (χ2v) is 6.54. The van der Waals surface area contributed by atoms with Crippen LogP contribution in [0.25, 0.3) is 0 Å². The van der Waals surface area contributed by atoms with Gasteiger partial charge in [0.1, 0.15) is 11.5 Å². The minimum absolute atomic E-state index is 0.111. The fraction of sp³-hybridized carbons (Fsp3) is 0.235. The highest BCUT2D eigenvalue weighted by molar-refractivity contribution is 9.10. The molecule has 0 spiro atoms. The van der Waals surface area contributed by atoms with Crippen molar-refractivity contribution < 1.29 is 19.2 Å². The average molecular weight is 444 g/mol. The normalized spacial score (nSPS) is 10.3. The molecule has 0 aliphatic heterocycles. The van der Waals surface area contributed by atoms with Crippen LogP contribution in [0.4, 0.5) is 11.4 Å². The Balaban J connectivity index is 1.84. The topological polar surface area (TPSA) is 90.7 Å². The van der Waals surface area contributed by atoms with Crippen LogP contribution in [0.1, 0.15) is 12.8 Å². The highest BCUT2D eigenvalue weighted by Gasteiger charge is 2.13. The van der Waals surface area contributed by atoms with Crippen molar-refractivity contribution in [2.75, 3.05) is 19.0 Å². The first-order valence-corrected chi connectivity index (χ1v) is 8.78. The molecule has 26 heavy (non-hydrogen) atoms. The largest absolute Gasteiger partial charge is 0.494 e. The lowest BCUT2D eigenvalue weighted by Crippen LogP contribution is -2.13. The van der Waals surface area contributed by atoms with Crippen molar-refractivity contribution in [2.45, 2.75) is 12.8 Å². The van der Waals surface area contributed by atoms with Gasteiger partial charge in [-0.15, -0.1) is 0 Å². The second-order valence-electron chi connectivity index (χ2n) is 5.22. The number of nitro groups is 1. The summed E-state index contributed by atoms with van der Waals surface area (Å²) in [6, 6.07) is 9.28. The molecule has 0 heterocycles. The molecule has 0 aliphatic rings. The molecule has 0 unspecified atom stereocenters. The highest BCUT2D eigenvalue weighted by Crippen LogP contribution is 2.29. The van der Waals surface area contributed by atoms with Crippen molar-refractivity contribution in [1.82, 2.24) is 0 Å². The number of amides is 1. The van der Waals surface area contributed by atoms with E-state index in [9.17, 15) is 14.9 Å². The molecule has 0 bridgehead atoms. The fourth-order valence-corrected chi connectivity index (χ4v) is 2.84. The molecule has 0 saturated carbocycles. The summed E-state index contributed by atoms with van der Waals surface area (Å²) in [5.41, 5.74) is 0.264. The van der Waals surface area contributed by atoms with Crippen molar-refractivity contribution >= 4 is 44.8 Å². The summed E-state index contributed by atoms with van der Waals surface area (Å²) in [4.78, 5) is 22.3. The zero-order chi connectivity index (χ0) is 19.1. The van der Waals surface area contributed by atoms with E-state index in [1.807, 2.05) is 6.07 Å². The summed E-state index contributed by atoms with van der Waals surface area (Å²) in [5.74, 6) is 0.528. The summed E-state index contributed by atoms with van der Waals surface area (Å²) in [6.45, 7) is 0.326. The lowest BCUT2D eigenvalue weighted by Gasteiger charge is -2.11. The molecule has 0 radical (unpaired) electrons. The first-order chi connectivity index (χ1) is 12.4. The van der Waals surface area contributed by atoms with Gasteiger partial charge in [0.15, 0.2) is 0 Å². The summed E-state index contributed by atoms with van der Waals surface area (Å²) >= 11 is 9.36. The number of benzene rings is 2. The summed E-state index contributed by atoms with van der Waals surface area (Å²) in [5, 5.41) is 13.9. The van der Waals surface area contributed by atoms with Crippen LogP contribution in [0.3, 0.4) is 0 Å². The van der Waals surface area contributed by atoms with Crippen LogP contribution < -0.4 is 14.8 Å². The summed E-state index contributed by atoms with van der Waals surface area (Å²) in [6.07, 6.45) is 0.696. The predicted molar refractivity (Wildman–Crippen MR) is 102 cm³/mol. The van der Waals surface area contributed by atoms with E-state index in [1.54, 1.807) is 12.1 Å². The van der Waals surface area contributed by atoms with Gasteiger partial charge in [-0.2, -0.15) is 0 Å². The number of nitrogens with one attached hydrogen (secondary N) is 1. The van der Waals surface area contributed by atoms with Crippen LogP contribution >= 0.6 is 27.5 Å². The average Bonchev–Trinajstić information content (AvgIpc) is 2.60. The summed E-state index contributed by atoms with van der Waals surface area (Å²) < 4.78 is 11.5. The number of rotatable bonds is 8. The first kappa shape index (κ1) is 20.0. The van der Waals surface area contributed by atoms with Crippen LogP contribution in [0.2, 0.25) is 5.02 Å². The molecule has 2 aromatic rings. The number of nitro benzene ring substituents is 1. The SMILES string of the molecule is COc1cc([N+](=O)[O-])ccc1NC(=O)CCCOc1ccc(Br)cc1Cl. The summed E-state index contributed by atoms with van der Waals surface area (Å²) in [7, 11) is 1.38. The highest BCUT2D eigenvalue weighted by atomic mass is 79.9. The smallest absolute Gasteiger partial charge is 0.273 e. The van der Waals surface area contributed by atoms with Gasteiger partial charge in [-0.3, -0.25) is 14.9 Å². The van der Waals surface area contributed by atoms with Gasteiger partial charge in [0.05, 0.1) is 35.4 Å². The number of anilines is 1. The van der Waals surface area contributed by atoms with Crippen LogP contribution in [0, 0.1) is 10.1 Å². The van der Waals surface area contributed by atoms with E-state index >= 15 is 0 Å². The van der Waals surface area contributed by atoms with Gasteiger partial charge < -0.3 is 14.8 Å². The van der Waals surface area contributed by atoms with Crippen molar-refractivity contribution in [3.05, 3.63) is 56.0 Å². The van der Waals surface area contributed by atoms with Gasteiger partial charge >= 0.3 is 0 Å². The van der Waals surface area contributed by atoms with Crippen molar-refractivity contribution in [2.24, 2.45) is 0 Å². The molecular weight excluding hydrogens is 428 g/mol. The number of carbonyl (C=O) groups is 1. The van der Waals surface area contributed by atoms with Crippen molar-refractivity contribution in [3.63, 3.8) is 0 Å². The molecule has 1 amide bonds. The molecule has 138 valence electrons. The lowest BCUT2D eigenvalue weighted by molar-refractivity contribution is -0.384. The molecule has 7 nitrogen and oxygen atoms in total. The van der Waals surface area contributed by atoms with E-state index in [0.29, 0.717) is 29.5 Å². The Labute approximate surface area is 163 Å². The van der Waals surface area contributed by atoms with Gasteiger partial charge in [0.2, 0.25) is 5.91 Å². The van der Waals surface area contributed by atoms with Crippen LogP contribution in [-0.2, 0) is 4.79 Å². The van der Waals surface area contributed by atoms with E-state index in [1.165, 1.54) is 25.3 Å². The van der Waals surface area contributed by atoms with Crippen LogP contribution in [0.15, 0.2) is 40.9 Å². The van der Waals surface area contributed by atoms with E-state index in [2.05, 4.69) is 21.2 Å². The molecule has 0 fully saturated rings. The molecule has 2 rings (SSSR count). The Morgan fingerprint density at radius 1 is 1.27 bits per heavy atom. The molecule has 1 N–H and O–H groups in total. The van der Waals surface area contributed by atoms with E-state index in [4.69, 9.17) is 21.1 Å². The number of halogens is 2. The second kappa shape index (κ2) is 9.40. The zero-order valence-electron chi connectivity index (χ0n) is 13.8. The Morgan fingerprint density at radius 3 is 2.69 bits per heavy atom. The Hall–Kier alpha value is -2.32. The Bertz CT molecular complexity index is 816. The number of hydrogen-bond donors (Lipinski definition) is 1. The maximum absolute atomic E-state index is 12.0. The third kappa shape index (κ3) is 5.60. The molecule has 0 atom stereocenters. The van der Waals surface area contributed by atoms with Crippen molar-refractivity contribution in [3.8, 4) is 11.5 Å². The zero-order valence-corrected chi connectivity index (χ0v) is 16.2. The number of carbonyl (C=O) groups excluding carboxylic acids is 1. The molecule has 0 aliphatic carbocycles. The van der Waals surface area contributed by atoms with Crippen LogP contribution in [-0.4, -0.2) is 24.5 Å². The Morgan fingerprint density at radius 2 is 2.04 bits per heavy atom. The van der Waals surface area contributed by atoms with Crippen molar-refractivity contribution in [1.29, 1.82) is 0 Å². The van der Waals surface area contributed by atoms with Gasteiger partial charge in [-0.25, -0.2) is 0 Å². The molecule has 0 aromatic heterocycles. The maximum atomic E-state index is 12.0. The van der Waals surface area contributed by atoms with E-state index in [0.717, 1.165) is 4.47 Å². The number of ether oxygens (including phenoxy) is 2. The van der Waals surface area contributed by atoms with Gasteiger partial charge in [0.25, 0.3) is 5.69 Å². The molecule has 2 aromatic carbocycles. The predicted octanol–water partition coefficient (Wildman–Crippen LogP) is 4.82. The lowest BCUT2D eigenvalue weighted by atomic mass is 10.2. The van der Waals surface area contributed by atoms with Gasteiger partial charge in [-0.05, 0) is 30.7 Å². The quantitative estimate of drug-likeness (QED) is 0.359. The van der Waals surface area contributed by atoms with E-state index < -0.39 is 4.92 Å². The number of methoxy groups -OCH3 is 1. The number of hydrogen-bond acceptors (Lipinski definition) is 5. The number of non-ortho nitro benzene ring substituents is 1. The van der Waals surface area contributed by atoms with Gasteiger partial charge in [0, 0.05) is 17.0 Å². The third-order valence-electron chi connectivity index (χ3n) is 3.37. The molecule has 0 saturated heterocycles. The monoisotopic (exact) mass is 442 g/mol. The minimum Gasteiger partial charge on any atom is -0.494 e. The number of nitrogens with zero attached hydrogens (tertiary/aromatic N) is 1. The molecular formula is C17H16BrClN2O5. The maximum Gasteiger partial charge on any atom is 0.273 e. The third-order valence-corrected chi connectivity index (χ3v) is 4.16. The Kier molecular flexibility index (Phi) is 7.23. The fourth-order valence-electron chi connectivity index (χ4n) is 2.12. The standard InChI is InChI=1S/C17H16BrClN2O5/c1-25-16-10-12(21(23)24)5-6-14(16)20-17(22)3-2-8-26-15-7-4-11(18)9-13(15)19/h4-7,9-10H,2-3,8H2,1H3,(H,20,22). The van der Waals surface area contributed by atoms with E-state index in [-0.39, 0.29) is 23.8 Å². The van der Waals surface area contributed by atoms with Gasteiger partial charge in [-0.1, -0.05) is 27.5 Å². The van der Waals surface area contributed by atoms with Crippen LogP contribution in [0.5, 0.6) is 11.5 Å². The first-order valence-electron chi connectivity index (χ1n) is 7.61. The molecule has 9 heteroatoms. The minimum atomic E-state index is -0.529.